The second-order valence-corrected chi connectivity index (χ2v) is 5.52. The molecule has 98 valence electrons. The van der Waals surface area contributed by atoms with E-state index in [-0.39, 0.29) is 6.04 Å². The molecule has 1 atom stereocenters. The largest absolute Gasteiger partial charge is 0.361 e. The molecule has 0 saturated heterocycles. The highest BCUT2D eigenvalue weighted by atomic mass is 32.1. The minimum absolute atomic E-state index is 0.128. The van der Waals surface area contributed by atoms with Gasteiger partial charge in [-0.15, -0.1) is 16.4 Å². The molecule has 0 amide bonds. The minimum atomic E-state index is 0.128. The van der Waals surface area contributed by atoms with Crippen LogP contribution in [0.4, 0.5) is 5.82 Å². The van der Waals surface area contributed by atoms with Gasteiger partial charge in [0.15, 0.2) is 11.5 Å². The molecule has 1 N–H and O–H groups in total. The summed E-state index contributed by atoms with van der Waals surface area (Å²) in [7, 11) is 0. The number of nitrogens with zero attached hydrogens (tertiary/aromatic N) is 6. The summed E-state index contributed by atoms with van der Waals surface area (Å²) in [6, 6.07) is 0.128. The van der Waals surface area contributed by atoms with Gasteiger partial charge in [0.2, 0.25) is 0 Å². The maximum atomic E-state index is 4.44. The highest BCUT2D eigenvalue weighted by Crippen LogP contribution is 2.27. The first kappa shape index (κ1) is 12.0. The smallest absolute Gasteiger partial charge is 0.199 e. The zero-order chi connectivity index (χ0) is 13.4. The van der Waals surface area contributed by atoms with Crippen molar-refractivity contribution < 1.29 is 0 Å². The summed E-state index contributed by atoms with van der Waals surface area (Å²) >= 11 is 1.69. The highest BCUT2D eigenvalue weighted by Gasteiger charge is 2.14. The summed E-state index contributed by atoms with van der Waals surface area (Å²) in [6.07, 6.45) is 3.33. The van der Waals surface area contributed by atoms with Gasteiger partial charge in [0.05, 0.1) is 29.1 Å². The number of rotatable bonds is 3. The Bertz CT molecular complexity index is 717. The molecule has 0 spiro atoms. The van der Waals surface area contributed by atoms with Crippen LogP contribution in [0.2, 0.25) is 0 Å². The molecule has 0 radical (unpaired) electrons. The molecule has 0 aliphatic heterocycles. The fourth-order valence-electron chi connectivity index (χ4n) is 2.01. The fraction of sp³-hybridized carbons (Fsp3) is 0.364. The predicted molar refractivity (Wildman–Crippen MR) is 72.2 cm³/mol. The van der Waals surface area contributed by atoms with E-state index in [9.17, 15) is 0 Å². The average Bonchev–Trinajstić information content (AvgIpc) is 2.96. The fourth-order valence-corrected chi connectivity index (χ4v) is 2.94. The van der Waals surface area contributed by atoms with Crippen LogP contribution < -0.4 is 5.32 Å². The van der Waals surface area contributed by atoms with Crippen molar-refractivity contribution in [3.8, 4) is 0 Å². The summed E-state index contributed by atoms with van der Waals surface area (Å²) in [6.45, 7) is 6.12. The van der Waals surface area contributed by atoms with E-state index in [1.165, 1.54) is 4.88 Å². The third kappa shape index (κ3) is 2.14. The van der Waals surface area contributed by atoms with Gasteiger partial charge in [-0.1, -0.05) is 0 Å². The lowest BCUT2D eigenvalue weighted by molar-refractivity contribution is 0.798. The standard InChI is InChI=1S/C11H13N7S/c1-6-11(19-8(3)13-6)7(2)14-9-4-12-5-10-15-16-17-18(9)10/h4-5,7,14H,1-3H3. The Morgan fingerprint density at radius 2 is 2.16 bits per heavy atom. The van der Waals surface area contributed by atoms with Gasteiger partial charge in [-0.05, 0) is 31.2 Å². The lowest BCUT2D eigenvalue weighted by Crippen LogP contribution is -2.10. The van der Waals surface area contributed by atoms with Crippen molar-refractivity contribution in [2.45, 2.75) is 26.8 Å². The zero-order valence-corrected chi connectivity index (χ0v) is 11.6. The summed E-state index contributed by atoms with van der Waals surface area (Å²) in [5.74, 6) is 0.764. The van der Waals surface area contributed by atoms with Crippen LogP contribution in [0.3, 0.4) is 0 Å². The third-order valence-electron chi connectivity index (χ3n) is 2.81. The first-order chi connectivity index (χ1) is 9.15. The van der Waals surface area contributed by atoms with Crippen LogP contribution >= 0.6 is 11.3 Å². The number of hydrogen-bond acceptors (Lipinski definition) is 7. The van der Waals surface area contributed by atoms with Crippen LogP contribution in [0.5, 0.6) is 0 Å². The molecular weight excluding hydrogens is 262 g/mol. The number of nitrogens with one attached hydrogen (secondary N) is 1. The molecule has 0 aliphatic rings. The summed E-state index contributed by atoms with van der Waals surface area (Å²) in [5.41, 5.74) is 1.67. The lowest BCUT2D eigenvalue weighted by Gasteiger charge is -2.14. The van der Waals surface area contributed by atoms with E-state index in [2.05, 4.69) is 37.7 Å². The van der Waals surface area contributed by atoms with Crippen LogP contribution in [-0.4, -0.2) is 30.0 Å². The van der Waals surface area contributed by atoms with E-state index in [0.29, 0.717) is 5.65 Å². The van der Waals surface area contributed by atoms with E-state index in [1.54, 1.807) is 28.2 Å². The molecular formula is C11H13N7S. The number of aromatic nitrogens is 6. The van der Waals surface area contributed by atoms with E-state index in [0.717, 1.165) is 16.5 Å². The van der Waals surface area contributed by atoms with Gasteiger partial charge < -0.3 is 5.32 Å². The van der Waals surface area contributed by atoms with Crippen LogP contribution in [0.25, 0.3) is 5.65 Å². The van der Waals surface area contributed by atoms with E-state index >= 15 is 0 Å². The minimum Gasteiger partial charge on any atom is -0.361 e. The summed E-state index contributed by atoms with van der Waals surface area (Å²) in [5, 5.41) is 15.9. The van der Waals surface area contributed by atoms with Gasteiger partial charge in [0.25, 0.3) is 0 Å². The second kappa shape index (κ2) is 4.54. The average molecular weight is 275 g/mol. The number of hydrogen-bond donors (Lipinski definition) is 1. The lowest BCUT2D eigenvalue weighted by atomic mass is 10.2. The second-order valence-electron chi connectivity index (χ2n) is 4.29. The SMILES string of the molecule is Cc1nc(C)c(C(C)Nc2cncc3nnnn23)s1. The summed E-state index contributed by atoms with van der Waals surface area (Å²) < 4.78 is 1.63. The zero-order valence-electron chi connectivity index (χ0n) is 10.8. The molecule has 0 fully saturated rings. The molecule has 19 heavy (non-hydrogen) atoms. The predicted octanol–water partition coefficient (Wildman–Crippen LogP) is 1.77. The van der Waals surface area contributed by atoms with Gasteiger partial charge in [0, 0.05) is 4.88 Å². The number of anilines is 1. The molecule has 3 aromatic heterocycles. The topological polar surface area (TPSA) is 80.9 Å². The number of thiazole rings is 1. The molecule has 3 rings (SSSR count). The van der Waals surface area contributed by atoms with Gasteiger partial charge in [-0.2, -0.15) is 4.52 Å². The Labute approximate surface area is 113 Å². The van der Waals surface area contributed by atoms with Crippen molar-refractivity contribution in [1.29, 1.82) is 0 Å². The van der Waals surface area contributed by atoms with Crippen molar-refractivity contribution in [3.05, 3.63) is 28.0 Å². The van der Waals surface area contributed by atoms with Crippen LogP contribution in [0.15, 0.2) is 12.4 Å². The highest BCUT2D eigenvalue weighted by molar-refractivity contribution is 7.11. The Hall–Kier alpha value is -2.09. The Balaban J connectivity index is 1.92. The van der Waals surface area contributed by atoms with Gasteiger partial charge in [0.1, 0.15) is 0 Å². The summed E-state index contributed by atoms with van der Waals surface area (Å²) in [4.78, 5) is 9.77. The number of fused-ring (bicyclic) bond motifs is 1. The molecule has 0 aliphatic carbocycles. The number of aryl methyl sites for hydroxylation is 2. The van der Waals surface area contributed by atoms with Crippen molar-refractivity contribution >= 4 is 22.8 Å². The molecule has 1 unspecified atom stereocenters. The van der Waals surface area contributed by atoms with Crippen LogP contribution in [-0.2, 0) is 0 Å². The molecule has 8 heteroatoms. The van der Waals surface area contributed by atoms with Crippen molar-refractivity contribution in [2.75, 3.05) is 5.32 Å². The maximum absolute atomic E-state index is 4.44. The number of tetrazole rings is 1. The monoisotopic (exact) mass is 275 g/mol. The van der Waals surface area contributed by atoms with E-state index < -0.39 is 0 Å². The first-order valence-electron chi connectivity index (χ1n) is 5.87. The Morgan fingerprint density at radius 3 is 2.89 bits per heavy atom. The molecule has 0 bridgehead atoms. The van der Waals surface area contributed by atoms with Crippen molar-refractivity contribution in [1.82, 2.24) is 30.0 Å². The normalized spacial score (nSPS) is 12.8. The molecule has 0 aromatic carbocycles. The van der Waals surface area contributed by atoms with Crippen LogP contribution in [0, 0.1) is 13.8 Å². The molecule has 7 nitrogen and oxygen atoms in total. The van der Waals surface area contributed by atoms with Gasteiger partial charge in [-0.25, -0.2) is 4.98 Å². The van der Waals surface area contributed by atoms with Gasteiger partial charge in [-0.3, -0.25) is 4.98 Å². The molecule has 0 saturated carbocycles. The third-order valence-corrected chi connectivity index (χ3v) is 4.06. The van der Waals surface area contributed by atoms with E-state index in [1.807, 2.05) is 13.8 Å². The van der Waals surface area contributed by atoms with Crippen LogP contribution in [0.1, 0.15) is 28.5 Å². The quantitative estimate of drug-likeness (QED) is 0.784. The first-order valence-corrected chi connectivity index (χ1v) is 6.69. The van der Waals surface area contributed by atoms with Crippen molar-refractivity contribution in [3.63, 3.8) is 0 Å². The Morgan fingerprint density at radius 1 is 1.32 bits per heavy atom. The molecule has 3 aromatic rings. The van der Waals surface area contributed by atoms with E-state index in [4.69, 9.17) is 0 Å². The van der Waals surface area contributed by atoms with Gasteiger partial charge >= 0.3 is 0 Å². The molecule has 3 heterocycles. The maximum Gasteiger partial charge on any atom is 0.199 e. The van der Waals surface area contributed by atoms with Crippen molar-refractivity contribution in [2.24, 2.45) is 0 Å². The Kier molecular flexibility index (Phi) is 2.86.